The molecule has 2 atom stereocenters. The molecule has 98 valence electrons. The number of nitrogens with two attached hydrogens (primary N) is 1. The number of halogens is 2. The molecule has 2 N–H and O–H groups in total. The molecule has 18 heavy (non-hydrogen) atoms. The summed E-state index contributed by atoms with van der Waals surface area (Å²) in [6, 6.07) is 7.30. The number of rotatable bonds is 3. The Morgan fingerprint density at radius 3 is 2.78 bits per heavy atom. The van der Waals surface area contributed by atoms with Gasteiger partial charge in [-0.1, -0.05) is 27.5 Å². The van der Waals surface area contributed by atoms with Gasteiger partial charge in [0, 0.05) is 21.6 Å². The maximum Gasteiger partial charge on any atom is 0.0410 e. The van der Waals surface area contributed by atoms with Crippen LogP contribution in [0.1, 0.15) is 30.9 Å². The van der Waals surface area contributed by atoms with E-state index in [1.165, 1.54) is 31.4 Å². The predicted molar refractivity (Wildman–Crippen MR) is 78.8 cm³/mol. The molecule has 2 aliphatic rings. The van der Waals surface area contributed by atoms with E-state index in [9.17, 15) is 0 Å². The third-order valence-electron chi connectivity index (χ3n) is 4.16. The molecule has 2 nitrogen and oxygen atoms in total. The maximum absolute atomic E-state index is 6.16. The minimum atomic E-state index is 0.440. The fourth-order valence-corrected chi connectivity index (χ4v) is 3.78. The number of likely N-dealkylation sites (tertiary alicyclic amines) is 1. The first-order chi connectivity index (χ1) is 8.70. The minimum absolute atomic E-state index is 0.440. The lowest BCUT2D eigenvalue weighted by Crippen LogP contribution is -2.30. The second kappa shape index (κ2) is 5.12. The van der Waals surface area contributed by atoms with Crippen LogP contribution in [0.3, 0.4) is 0 Å². The summed E-state index contributed by atoms with van der Waals surface area (Å²) in [4.78, 5) is 2.63. The van der Waals surface area contributed by atoms with Gasteiger partial charge in [0.25, 0.3) is 0 Å². The van der Waals surface area contributed by atoms with Gasteiger partial charge in [-0.25, -0.2) is 0 Å². The highest BCUT2D eigenvalue weighted by Gasteiger charge is 2.42. The molecule has 1 aliphatic carbocycles. The van der Waals surface area contributed by atoms with Gasteiger partial charge in [-0.05, 0) is 62.0 Å². The average Bonchev–Trinajstić information content (AvgIpc) is 3.12. The highest BCUT2D eigenvalue weighted by molar-refractivity contribution is 9.10. The van der Waals surface area contributed by atoms with E-state index in [0.717, 1.165) is 22.1 Å². The molecule has 4 heteroatoms. The summed E-state index contributed by atoms with van der Waals surface area (Å²) in [7, 11) is 0. The van der Waals surface area contributed by atoms with E-state index >= 15 is 0 Å². The highest BCUT2D eigenvalue weighted by atomic mass is 79.9. The molecular weight excluding hydrogens is 312 g/mol. The minimum Gasteiger partial charge on any atom is -0.330 e. The molecule has 1 aromatic rings. The Morgan fingerprint density at radius 1 is 1.33 bits per heavy atom. The molecule has 0 bridgehead atoms. The monoisotopic (exact) mass is 328 g/mol. The van der Waals surface area contributed by atoms with E-state index in [1.807, 2.05) is 6.07 Å². The summed E-state index contributed by atoms with van der Waals surface area (Å²) in [5.41, 5.74) is 7.27. The molecule has 0 spiro atoms. The molecule has 1 aromatic carbocycles. The van der Waals surface area contributed by atoms with Crippen LogP contribution in [0.4, 0.5) is 0 Å². The number of hydrogen-bond donors (Lipinski definition) is 1. The van der Waals surface area contributed by atoms with Crippen LogP contribution in [0.2, 0.25) is 5.02 Å². The van der Waals surface area contributed by atoms with Crippen LogP contribution in [0.25, 0.3) is 0 Å². The first-order valence-corrected chi connectivity index (χ1v) is 7.78. The number of hydrogen-bond acceptors (Lipinski definition) is 2. The molecule has 1 aliphatic heterocycles. The van der Waals surface area contributed by atoms with E-state index in [0.29, 0.717) is 12.0 Å². The zero-order chi connectivity index (χ0) is 12.7. The average molecular weight is 330 g/mol. The van der Waals surface area contributed by atoms with Crippen LogP contribution in [0.15, 0.2) is 22.7 Å². The van der Waals surface area contributed by atoms with Gasteiger partial charge in [0.1, 0.15) is 0 Å². The normalized spacial score (nSPS) is 28.8. The standard InChI is InChI=1S/C14H18BrClN2/c15-13-4-1-10(16)7-12(13)14-9(8-17)5-6-18(14)11-2-3-11/h1,4,7,9,11,14H,2-3,5-6,8,17H2. The molecule has 2 fully saturated rings. The quantitative estimate of drug-likeness (QED) is 0.918. The van der Waals surface area contributed by atoms with Crippen LogP contribution in [-0.2, 0) is 0 Å². The Bertz CT molecular complexity index is 447. The van der Waals surface area contributed by atoms with Gasteiger partial charge in [0.2, 0.25) is 0 Å². The van der Waals surface area contributed by atoms with E-state index in [4.69, 9.17) is 17.3 Å². The van der Waals surface area contributed by atoms with Crippen molar-refractivity contribution in [2.75, 3.05) is 13.1 Å². The Balaban J connectivity index is 1.97. The highest BCUT2D eigenvalue weighted by Crippen LogP contribution is 2.45. The first kappa shape index (κ1) is 12.9. The van der Waals surface area contributed by atoms with Gasteiger partial charge in [0.15, 0.2) is 0 Å². The maximum atomic E-state index is 6.16. The van der Waals surface area contributed by atoms with Crippen molar-refractivity contribution >= 4 is 27.5 Å². The van der Waals surface area contributed by atoms with Gasteiger partial charge in [-0.2, -0.15) is 0 Å². The lowest BCUT2D eigenvalue weighted by molar-refractivity contribution is 0.220. The summed E-state index contributed by atoms with van der Waals surface area (Å²) in [6.45, 7) is 1.93. The van der Waals surface area contributed by atoms with Gasteiger partial charge in [-0.15, -0.1) is 0 Å². The fraction of sp³-hybridized carbons (Fsp3) is 0.571. The lowest BCUT2D eigenvalue weighted by atomic mass is 9.93. The summed E-state index contributed by atoms with van der Waals surface area (Å²) in [5.74, 6) is 0.556. The lowest BCUT2D eigenvalue weighted by Gasteiger charge is -2.29. The van der Waals surface area contributed by atoms with Crippen molar-refractivity contribution < 1.29 is 0 Å². The fourth-order valence-electron chi connectivity index (χ4n) is 3.12. The molecule has 1 saturated carbocycles. The van der Waals surface area contributed by atoms with Crippen LogP contribution < -0.4 is 5.73 Å². The van der Waals surface area contributed by atoms with Crippen LogP contribution in [0, 0.1) is 5.92 Å². The second-order valence-corrected chi connectivity index (χ2v) is 6.65. The van der Waals surface area contributed by atoms with E-state index in [-0.39, 0.29) is 0 Å². The third kappa shape index (κ3) is 2.34. The number of benzene rings is 1. The largest absolute Gasteiger partial charge is 0.330 e. The van der Waals surface area contributed by atoms with E-state index in [1.54, 1.807) is 0 Å². The van der Waals surface area contributed by atoms with Crippen LogP contribution >= 0.6 is 27.5 Å². The molecule has 0 aromatic heterocycles. The molecule has 0 radical (unpaired) electrons. The van der Waals surface area contributed by atoms with Gasteiger partial charge in [0.05, 0.1) is 0 Å². The van der Waals surface area contributed by atoms with Gasteiger partial charge < -0.3 is 5.73 Å². The van der Waals surface area contributed by atoms with Crippen molar-refractivity contribution in [1.82, 2.24) is 4.90 Å². The molecule has 3 rings (SSSR count). The topological polar surface area (TPSA) is 29.3 Å². The smallest absolute Gasteiger partial charge is 0.0410 e. The van der Waals surface area contributed by atoms with Crippen molar-refractivity contribution in [2.24, 2.45) is 11.7 Å². The summed E-state index contributed by atoms with van der Waals surface area (Å²) < 4.78 is 1.16. The van der Waals surface area contributed by atoms with Gasteiger partial charge >= 0.3 is 0 Å². The second-order valence-electron chi connectivity index (χ2n) is 5.36. The zero-order valence-electron chi connectivity index (χ0n) is 10.3. The Kier molecular flexibility index (Phi) is 3.68. The van der Waals surface area contributed by atoms with Crippen molar-refractivity contribution in [2.45, 2.75) is 31.3 Å². The van der Waals surface area contributed by atoms with Gasteiger partial charge in [-0.3, -0.25) is 4.90 Å². The van der Waals surface area contributed by atoms with Crippen molar-refractivity contribution in [3.8, 4) is 0 Å². The number of nitrogens with zero attached hydrogens (tertiary/aromatic N) is 1. The summed E-state index contributed by atoms with van der Waals surface area (Å²) in [6.07, 6.45) is 3.88. The molecule has 1 saturated heterocycles. The van der Waals surface area contributed by atoms with Crippen molar-refractivity contribution in [3.05, 3.63) is 33.3 Å². The van der Waals surface area contributed by atoms with E-state index < -0.39 is 0 Å². The summed E-state index contributed by atoms with van der Waals surface area (Å²) >= 11 is 9.83. The predicted octanol–water partition coefficient (Wildman–Crippen LogP) is 3.59. The molecule has 0 amide bonds. The van der Waals surface area contributed by atoms with Crippen LogP contribution in [0.5, 0.6) is 0 Å². The third-order valence-corrected chi connectivity index (χ3v) is 5.11. The molecule has 1 heterocycles. The first-order valence-electron chi connectivity index (χ1n) is 6.61. The molecule has 2 unspecified atom stereocenters. The van der Waals surface area contributed by atoms with Crippen molar-refractivity contribution in [3.63, 3.8) is 0 Å². The van der Waals surface area contributed by atoms with Crippen molar-refractivity contribution in [1.29, 1.82) is 0 Å². The van der Waals surface area contributed by atoms with Crippen LogP contribution in [-0.4, -0.2) is 24.0 Å². The summed E-state index contributed by atoms with van der Waals surface area (Å²) in [5, 5.41) is 0.812. The Hall–Kier alpha value is -0.0900. The Morgan fingerprint density at radius 2 is 2.11 bits per heavy atom. The van der Waals surface area contributed by atoms with E-state index in [2.05, 4.69) is 33.0 Å². The zero-order valence-corrected chi connectivity index (χ0v) is 12.6. The molecular formula is C14H18BrClN2. The Labute approximate surface area is 122 Å². The SMILES string of the molecule is NCC1CCN(C2CC2)C1c1cc(Cl)ccc1Br.